The topological polar surface area (TPSA) is 46.2 Å². The van der Waals surface area contributed by atoms with Crippen LogP contribution in [0, 0.1) is 6.92 Å². The fourth-order valence-electron chi connectivity index (χ4n) is 5.59. The van der Waals surface area contributed by atoms with Crippen molar-refractivity contribution in [1.82, 2.24) is 0 Å². The predicted molar refractivity (Wildman–Crippen MR) is 187 cm³/mol. The Bertz CT molecular complexity index is 1590. The van der Waals surface area contributed by atoms with E-state index < -0.39 is 18.5 Å². The third kappa shape index (κ3) is 9.88. The first-order chi connectivity index (χ1) is 23.2. The average Bonchev–Trinajstić information content (AvgIpc) is 3.12. The van der Waals surface area contributed by atoms with Gasteiger partial charge in [-0.2, -0.15) is 0 Å². The van der Waals surface area contributed by atoms with Crippen LogP contribution >= 0.6 is 11.8 Å². The van der Waals surface area contributed by atoms with Crippen molar-refractivity contribution < 1.29 is 23.7 Å². The van der Waals surface area contributed by atoms with Gasteiger partial charge < -0.3 is 23.7 Å². The minimum atomic E-state index is -0.579. The van der Waals surface area contributed by atoms with Gasteiger partial charge in [0.2, 0.25) is 0 Å². The zero-order valence-electron chi connectivity index (χ0n) is 26.7. The zero-order chi connectivity index (χ0) is 32.1. The highest BCUT2D eigenvalue weighted by Crippen LogP contribution is 2.39. The van der Waals surface area contributed by atoms with E-state index in [1.54, 1.807) is 11.8 Å². The smallest absolute Gasteiger partial charge is 0.173 e. The lowest BCUT2D eigenvalue weighted by Gasteiger charge is -2.46. The zero-order valence-corrected chi connectivity index (χ0v) is 27.5. The van der Waals surface area contributed by atoms with Gasteiger partial charge >= 0.3 is 0 Å². The summed E-state index contributed by atoms with van der Waals surface area (Å²) in [6.45, 7) is 4.17. The molecule has 0 radical (unpaired) electrons. The third-order valence-corrected chi connectivity index (χ3v) is 9.41. The van der Waals surface area contributed by atoms with Gasteiger partial charge in [0.25, 0.3) is 0 Å². The molecule has 0 aliphatic carbocycles. The van der Waals surface area contributed by atoms with Crippen molar-refractivity contribution in [3.05, 3.63) is 173 Å². The predicted octanol–water partition coefficient (Wildman–Crippen LogP) is 8.79. The van der Waals surface area contributed by atoms with Crippen molar-refractivity contribution in [3.8, 4) is 0 Å². The molecular weight excluding hydrogens is 605 g/mol. The second-order valence-corrected chi connectivity index (χ2v) is 13.0. The quantitative estimate of drug-likeness (QED) is 0.113. The Morgan fingerprint density at radius 3 is 1.47 bits per heavy atom. The molecule has 0 amide bonds. The highest BCUT2D eigenvalue weighted by Gasteiger charge is 2.48. The maximum atomic E-state index is 6.89. The summed E-state index contributed by atoms with van der Waals surface area (Å²) in [5.41, 5.74) is 5.58. The second kappa shape index (κ2) is 17.4. The summed E-state index contributed by atoms with van der Waals surface area (Å²) in [6, 6.07) is 49.5. The Balaban J connectivity index is 1.32. The van der Waals surface area contributed by atoms with E-state index in [9.17, 15) is 0 Å². The lowest BCUT2D eigenvalue weighted by Crippen LogP contribution is -2.60. The Morgan fingerprint density at radius 1 is 0.511 bits per heavy atom. The fraction of sp³-hybridized carbons (Fsp3) is 0.268. The first kappa shape index (κ1) is 33.2. The summed E-state index contributed by atoms with van der Waals surface area (Å²) >= 11 is 1.71. The Labute approximate surface area is 282 Å². The second-order valence-electron chi connectivity index (χ2n) is 11.8. The number of rotatable bonds is 15. The van der Waals surface area contributed by atoms with Gasteiger partial charge in [0, 0.05) is 4.90 Å². The molecular formula is C41H42O5S. The van der Waals surface area contributed by atoms with Gasteiger partial charge in [0.05, 0.1) is 38.3 Å². The van der Waals surface area contributed by atoms with Crippen molar-refractivity contribution in [1.29, 1.82) is 0 Å². The molecule has 5 aromatic rings. The highest BCUT2D eigenvalue weighted by molar-refractivity contribution is 8.00. The molecule has 1 aliphatic rings. The molecule has 0 N–H and O–H groups in total. The SMILES string of the molecule is Cc1ccc(S[C@H]2[C@@H](OCc3ccccc3)O[C@H](COCc3ccccc3)[C@@H](OCc3ccccc3)[C@@H]2OCc2ccccc2)cc1. The van der Waals surface area contributed by atoms with Gasteiger partial charge in [-0.1, -0.05) is 139 Å². The number of ether oxygens (including phenoxy) is 5. The third-order valence-electron chi connectivity index (χ3n) is 8.11. The summed E-state index contributed by atoms with van der Waals surface area (Å²) in [5, 5.41) is -0.226. The van der Waals surface area contributed by atoms with E-state index in [1.165, 1.54) is 5.56 Å². The van der Waals surface area contributed by atoms with E-state index in [1.807, 2.05) is 72.8 Å². The van der Waals surface area contributed by atoms with Gasteiger partial charge in [-0.05, 0) is 41.3 Å². The molecule has 6 heteroatoms. The summed E-state index contributed by atoms with van der Waals surface area (Å²) in [7, 11) is 0. The molecule has 242 valence electrons. The highest BCUT2D eigenvalue weighted by atomic mass is 32.2. The number of benzene rings is 5. The molecule has 1 heterocycles. The molecule has 5 nitrogen and oxygen atoms in total. The minimum Gasteiger partial charge on any atom is -0.374 e. The number of hydrogen-bond acceptors (Lipinski definition) is 6. The fourth-order valence-corrected chi connectivity index (χ4v) is 6.82. The van der Waals surface area contributed by atoms with Gasteiger partial charge in [-0.15, -0.1) is 11.8 Å². The van der Waals surface area contributed by atoms with Crippen molar-refractivity contribution in [2.24, 2.45) is 0 Å². The molecule has 0 unspecified atom stereocenters. The standard InChI is InChI=1S/C41H42O5S/c1-31-22-24-36(25-23-31)47-40-39(44-28-34-18-10-4-11-19-34)38(43-27-33-16-8-3-9-17-33)37(30-42-26-32-14-6-2-7-15-32)46-41(40)45-29-35-20-12-5-13-21-35/h2-25,37-41H,26-30H2,1H3/t37-,38-,39+,40-,41+/m1/s1. The van der Waals surface area contributed by atoms with Crippen molar-refractivity contribution in [2.75, 3.05) is 6.61 Å². The van der Waals surface area contributed by atoms with Gasteiger partial charge in [0.15, 0.2) is 6.29 Å². The van der Waals surface area contributed by atoms with Crippen LogP contribution in [0.2, 0.25) is 0 Å². The van der Waals surface area contributed by atoms with E-state index in [4.69, 9.17) is 23.7 Å². The van der Waals surface area contributed by atoms with Crippen LogP contribution in [-0.2, 0) is 50.1 Å². The first-order valence-electron chi connectivity index (χ1n) is 16.2. The lowest BCUT2D eigenvalue weighted by molar-refractivity contribution is -0.277. The van der Waals surface area contributed by atoms with Crippen molar-refractivity contribution >= 4 is 11.8 Å². The molecule has 5 atom stereocenters. The summed E-state index contributed by atoms with van der Waals surface area (Å²) in [5.74, 6) is 0. The minimum absolute atomic E-state index is 0.226. The van der Waals surface area contributed by atoms with E-state index in [2.05, 4.69) is 79.7 Å². The molecule has 47 heavy (non-hydrogen) atoms. The molecule has 1 aliphatic heterocycles. The average molecular weight is 647 g/mol. The van der Waals surface area contributed by atoms with Crippen LogP contribution in [0.25, 0.3) is 0 Å². The number of thioether (sulfide) groups is 1. The summed E-state index contributed by atoms with van der Waals surface area (Å²) < 4.78 is 33.5. The maximum Gasteiger partial charge on any atom is 0.173 e. The molecule has 0 saturated carbocycles. The van der Waals surface area contributed by atoms with Crippen LogP contribution in [0.4, 0.5) is 0 Å². The van der Waals surface area contributed by atoms with Crippen LogP contribution in [-0.4, -0.2) is 36.5 Å². The molecule has 0 aromatic heterocycles. The Morgan fingerprint density at radius 2 is 0.957 bits per heavy atom. The molecule has 1 fully saturated rings. The lowest BCUT2D eigenvalue weighted by atomic mass is 10.00. The van der Waals surface area contributed by atoms with Crippen molar-refractivity contribution in [2.45, 2.75) is 68.1 Å². The van der Waals surface area contributed by atoms with Crippen molar-refractivity contribution in [3.63, 3.8) is 0 Å². The Kier molecular flexibility index (Phi) is 12.3. The van der Waals surface area contributed by atoms with Crippen LogP contribution in [0.3, 0.4) is 0 Å². The molecule has 1 saturated heterocycles. The van der Waals surface area contributed by atoms with Crippen LogP contribution < -0.4 is 0 Å². The molecule has 6 rings (SSSR count). The first-order valence-corrected chi connectivity index (χ1v) is 17.1. The monoisotopic (exact) mass is 646 g/mol. The number of aryl methyl sites for hydroxylation is 1. The van der Waals surface area contributed by atoms with Crippen LogP contribution in [0.15, 0.2) is 150 Å². The largest absolute Gasteiger partial charge is 0.374 e. The van der Waals surface area contributed by atoms with Gasteiger partial charge in [-0.25, -0.2) is 0 Å². The van der Waals surface area contributed by atoms with Gasteiger partial charge in [-0.3, -0.25) is 0 Å². The van der Waals surface area contributed by atoms with E-state index in [0.29, 0.717) is 33.0 Å². The number of hydrogen-bond donors (Lipinski definition) is 0. The molecule has 0 spiro atoms. The molecule has 5 aromatic carbocycles. The summed E-state index contributed by atoms with van der Waals surface area (Å²) in [4.78, 5) is 1.12. The van der Waals surface area contributed by atoms with Crippen LogP contribution in [0.5, 0.6) is 0 Å². The summed E-state index contributed by atoms with van der Waals surface area (Å²) in [6.07, 6.45) is -1.80. The molecule has 0 bridgehead atoms. The van der Waals surface area contributed by atoms with Crippen LogP contribution in [0.1, 0.15) is 27.8 Å². The van der Waals surface area contributed by atoms with E-state index in [-0.39, 0.29) is 11.4 Å². The normalized spacial score (nSPS) is 21.0. The van der Waals surface area contributed by atoms with E-state index >= 15 is 0 Å². The van der Waals surface area contributed by atoms with E-state index in [0.717, 1.165) is 27.1 Å². The Hall–Kier alpha value is -3.75. The maximum absolute atomic E-state index is 6.89. The van der Waals surface area contributed by atoms with Gasteiger partial charge in [0.1, 0.15) is 18.3 Å².